The monoisotopic (exact) mass is 810 g/mol. The maximum atomic E-state index is 14.3. The minimum atomic E-state index is -1.13. The highest BCUT2D eigenvalue weighted by atomic mass is 35.5. The minimum Gasteiger partial charge on any atom is -0.494 e. The van der Waals surface area contributed by atoms with Crippen LogP contribution in [0.3, 0.4) is 0 Å². The number of aromatic nitrogens is 2. The van der Waals surface area contributed by atoms with Crippen LogP contribution in [0.5, 0.6) is 11.5 Å². The highest BCUT2D eigenvalue weighted by molar-refractivity contribution is 6.31. The van der Waals surface area contributed by atoms with Gasteiger partial charge in [0.2, 0.25) is 5.91 Å². The SMILES string of the molecule is CC1(C)C(Oc2ccc(C#N)c(Cl)c2)C(C)(C)C1N1C(=O)CCC(N2C(=O)c3ccc(OCCCCCN4CCN(c5cnc(C(N)=O)cn5)CC4)cc3C2=O)C1=O. The molecule has 2 N–H and O–H groups in total. The van der Waals surface area contributed by atoms with Crippen molar-refractivity contribution in [3.63, 3.8) is 0 Å². The summed E-state index contributed by atoms with van der Waals surface area (Å²) >= 11 is 6.26. The fourth-order valence-electron chi connectivity index (χ4n) is 9.40. The molecule has 15 nitrogen and oxygen atoms in total. The maximum Gasteiger partial charge on any atom is 0.268 e. The van der Waals surface area contributed by atoms with Crippen LogP contribution in [0.15, 0.2) is 48.8 Å². The van der Waals surface area contributed by atoms with Crippen LogP contribution in [0.1, 0.15) is 96.6 Å². The Morgan fingerprint density at radius 3 is 2.26 bits per heavy atom. The van der Waals surface area contributed by atoms with Gasteiger partial charge in [-0.15, -0.1) is 0 Å². The number of unbranched alkanes of at least 4 members (excludes halogenated alkanes) is 2. The van der Waals surface area contributed by atoms with Crippen LogP contribution >= 0.6 is 11.6 Å². The van der Waals surface area contributed by atoms with E-state index in [1.54, 1.807) is 42.6 Å². The van der Waals surface area contributed by atoms with Crippen molar-refractivity contribution in [2.75, 3.05) is 44.2 Å². The number of piperidine rings is 1. The van der Waals surface area contributed by atoms with Gasteiger partial charge in [-0.1, -0.05) is 39.3 Å². The molecule has 1 unspecified atom stereocenters. The van der Waals surface area contributed by atoms with Crippen LogP contribution in [0, 0.1) is 22.2 Å². The number of rotatable bonds is 13. The van der Waals surface area contributed by atoms with E-state index < -0.39 is 52.6 Å². The van der Waals surface area contributed by atoms with Crippen molar-refractivity contribution in [3.8, 4) is 17.6 Å². The number of hydrogen-bond acceptors (Lipinski definition) is 12. The third-order valence-electron chi connectivity index (χ3n) is 11.9. The summed E-state index contributed by atoms with van der Waals surface area (Å²) in [7, 11) is 0. The largest absolute Gasteiger partial charge is 0.494 e. The predicted molar refractivity (Wildman–Crippen MR) is 212 cm³/mol. The number of halogens is 1. The van der Waals surface area contributed by atoms with Crippen molar-refractivity contribution in [1.82, 2.24) is 24.7 Å². The third-order valence-corrected chi connectivity index (χ3v) is 12.2. The van der Waals surface area contributed by atoms with Crippen molar-refractivity contribution < 1.29 is 33.4 Å². The number of ether oxygens (including phenoxy) is 2. The number of nitrogens with two attached hydrogens (primary N) is 1. The van der Waals surface area contributed by atoms with Gasteiger partial charge in [-0.25, -0.2) is 9.97 Å². The molecule has 0 radical (unpaired) electrons. The number of amides is 5. The molecule has 3 aliphatic heterocycles. The number of primary amides is 1. The quantitative estimate of drug-likeness (QED) is 0.189. The van der Waals surface area contributed by atoms with Gasteiger partial charge < -0.3 is 20.1 Å². The second kappa shape index (κ2) is 16.0. The Bertz CT molecular complexity index is 2160. The average Bonchev–Trinajstić information content (AvgIpc) is 3.44. The van der Waals surface area contributed by atoms with Crippen molar-refractivity contribution in [2.45, 2.75) is 78.0 Å². The molecule has 2 saturated heterocycles. The lowest BCUT2D eigenvalue weighted by molar-refractivity contribution is -0.216. The second-order valence-electron chi connectivity index (χ2n) is 16.5. The number of imide groups is 2. The first-order valence-electron chi connectivity index (χ1n) is 19.6. The zero-order chi connectivity index (χ0) is 41.5. The van der Waals surface area contributed by atoms with Crippen LogP contribution in [0.4, 0.5) is 5.82 Å². The van der Waals surface area contributed by atoms with Gasteiger partial charge in [-0.05, 0) is 62.6 Å². The molecule has 3 fully saturated rings. The summed E-state index contributed by atoms with van der Waals surface area (Å²) in [6.45, 7) is 12.5. The standard InChI is InChI=1S/C42H47ClN8O7/c1-41(2)39(42(3,4)40(41)58-27-9-8-25(22-44)30(43)21-27)51-34(52)13-12-32(38(51)56)50-36(54)28-11-10-26(20-29(28)37(50)55)57-19-7-5-6-14-48-15-17-49(18-16-48)33-24-46-31(23-47-33)35(45)53/h8-11,20-21,23-24,32,39-40H,5-7,12-19H2,1-4H3,(H2,45,53). The summed E-state index contributed by atoms with van der Waals surface area (Å²) in [5, 5.41) is 9.52. The van der Waals surface area contributed by atoms with Gasteiger partial charge in [0.15, 0.2) is 0 Å². The first kappa shape index (κ1) is 40.6. The fourth-order valence-corrected chi connectivity index (χ4v) is 9.61. The maximum absolute atomic E-state index is 14.3. The molecular weight excluding hydrogens is 764 g/mol. The van der Waals surface area contributed by atoms with E-state index in [0.29, 0.717) is 23.7 Å². The highest BCUT2D eigenvalue weighted by Gasteiger charge is 2.68. The number of likely N-dealkylation sites (tertiary alicyclic amines) is 1. The average molecular weight is 811 g/mol. The Labute approximate surface area is 342 Å². The molecule has 1 atom stereocenters. The van der Waals surface area contributed by atoms with E-state index >= 15 is 0 Å². The Balaban J connectivity index is 0.907. The van der Waals surface area contributed by atoms with E-state index in [2.05, 4.69) is 19.8 Å². The summed E-state index contributed by atoms with van der Waals surface area (Å²) in [5.41, 5.74) is 4.68. The second-order valence-corrected chi connectivity index (χ2v) is 16.9. The molecule has 0 spiro atoms. The van der Waals surface area contributed by atoms with Gasteiger partial charge in [0, 0.05) is 49.5 Å². The molecule has 16 heteroatoms. The first-order chi connectivity index (χ1) is 27.6. The number of carbonyl (C=O) groups is 5. The molecule has 1 aliphatic carbocycles. The Kier molecular flexibility index (Phi) is 11.2. The van der Waals surface area contributed by atoms with Crippen LogP contribution in [0.25, 0.3) is 0 Å². The zero-order valence-electron chi connectivity index (χ0n) is 33.1. The van der Waals surface area contributed by atoms with Crippen LogP contribution in [-0.2, 0) is 9.59 Å². The van der Waals surface area contributed by atoms with Gasteiger partial charge in [0.25, 0.3) is 23.6 Å². The molecule has 7 rings (SSSR count). The van der Waals surface area contributed by atoms with Crippen LogP contribution < -0.4 is 20.1 Å². The normalized spacial score (nSPS) is 22.7. The molecule has 5 amide bonds. The summed E-state index contributed by atoms with van der Waals surface area (Å²) in [5.74, 6) is -1.05. The molecule has 4 aliphatic rings. The zero-order valence-corrected chi connectivity index (χ0v) is 33.8. The van der Waals surface area contributed by atoms with Crippen LogP contribution in [-0.4, -0.2) is 112 Å². The van der Waals surface area contributed by atoms with Crippen LogP contribution in [0.2, 0.25) is 5.02 Å². The van der Waals surface area contributed by atoms with Gasteiger partial charge in [0.05, 0.1) is 46.8 Å². The number of fused-ring (bicyclic) bond motifs is 1. The van der Waals surface area contributed by atoms with E-state index in [0.717, 1.165) is 62.7 Å². The number of nitriles is 1. The molecule has 3 aromatic rings. The van der Waals surface area contributed by atoms with Crippen molar-refractivity contribution in [2.24, 2.45) is 16.6 Å². The summed E-state index contributed by atoms with van der Waals surface area (Å²) in [4.78, 5) is 81.8. The van der Waals surface area contributed by atoms with E-state index in [1.165, 1.54) is 11.1 Å². The summed E-state index contributed by atoms with van der Waals surface area (Å²) in [6.07, 6.45) is 5.32. The molecule has 58 heavy (non-hydrogen) atoms. The van der Waals surface area contributed by atoms with Crippen molar-refractivity contribution in [3.05, 3.63) is 76.2 Å². The van der Waals surface area contributed by atoms with Gasteiger partial charge in [0.1, 0.15) is 41.2 Å². The van der Waals surface area contributed by atoms with Crippen molar-refractivity contribution in [1.29, 1.82) is 5.26 Å². The predicted octanol–water partition coefficient (Wildman–Crippen LogP) is 4.47. The topological polar surface area (TPSA) is 192 Å². The summed E-state index contributed by atoms with van der Waals surface area (Å²) < 4.78 is 12.4. The number of nitrogens with zero attached hydrogens (tertiary/aromatic N) is 7. The number of benzene rings is 2. The highest BCUT2D eigenvalue weighted by Crippen LogP contribution is 2.58. The van der Waals surface area contributed by atoms with Gasteiger partial charge in [-0.3, -0.25) is 38.7 Å². The molecular formula is C42H47ClN8O7. The molecule has 2 aromatic carbocycles. The van der Waals surface area contributed by atoms with E-state index in [4.69, 9.17) is 26.8 Å². The van der Waals surface area contributed by atoms with E-state index in [9.17, 15) is 29.2 Å². The van der Waals surface area contributed by atoms with Crippen molar-refractivity contribution >= 4 is 47.0 Å². The molecule has 0 bridgehead atoms. The lowest BCUT2D eigenvalue weighted by atomic mass is 9.48. The smallest absolute Gasteiger partial charge is 0.268 e. The van der Waals surface area contributed by atoms with E-state index in [-0.39, 0.29) is 40.6 Å². The van der Waals surface area contributed by atoms with Gasteiger partial charge in [-0.2, -0.15) is 5.26 Å². The molecule has 304 valence electrons. The molecule has 1 aromatic heterocycles. The Morgan fingerprint density at radius 2 is 1.60 bits per heavy atom. The lowest BCUT2D eigenvalue weighted by Crippen LogP contribution is -2.77. The third kappa shape index (κ3) is 7.46. The lowest BCUT2D eigenvalue weighted by Gasteiger charge is -2.65. The molecule has 1 saturated carbocycles. The number of carbonyl (C=O) groups excluding carboxylic acids is 5. The number of anilines is 1. The number of piperazine rings is 1. The Morgan fingerprint density at radius 1 is 0.897 bits per heavy atom. The molecule has 4 heterocycles. The van der Waals surface area contributed by atoms with E-state index in [1.807, 2.05) is 33.8 Å². The number of hydrogen-bond donors (Lipinski definition) is 1. The minimum absolute atomic E-state index is 0.00293. The first-order valence-corrected chi connectivity index (χ1v) is 20.0. The van der Waals surface area contributed by atoms with Gasteiger partial charge >= 0.3 is 0 Å². The fraction of sp³-hybridized carbons (Fsp3) is 0.476. The summed E-state index contributed by atoms with van der Waals surface area (Å²) in [6, 6.07) is 9.92. The Hall–Kier alpha value is -5.59.